The highest BCUT2D eigenvalue weighted by atomic mass is 16.2. The lowest BCUT2D eigenvalue weighted by molar-refractivity contribution is -0.119. The quantitative estimate of drug-likeness (QED) is 0.823. The van der Waals surface area contributed by atoms with Gasteiger partial charge in [-0.15, -0.1) is 0 Å². The van der Waals surface area contributed by atoms with E-state index in [0.29, 0.717) is 37.2 Å². The fourth-order valence-corrected chi connectivity index (χ4v) is 3.69. The molecule has 1 aromatic rings. The predicted octanol–water partition coefficient (Wildman–Crippen LogP) is 2.48. The van der Waals surface area contributed by atoms with Crippen LogP contribution in [0.15, 0.2) is 6.07 Å². The topological polar surface area (TPSA) is 67.2 Å². The average Bonchev–Trinajstić information content (AvgIpc) is 3.10. The van der Waals surface area contributed by atoms with Gasteiger partial charge in [-0.05, 0) is 37.7 Å². The number of carbonyl (C=O) groups excluding carboxylic acids is 2. The third kappa shape index (κ3) is 4.83. The number of hydrogen-bond acceptors (Lipinski definition) is 3. The standard InChI is InChI=1S/C19H32N4O2/c1-6-8-15-11-22(12-17(15)20-14(5)24)19(25)18-10-16(9-13(3)4)21-23(18)7-2/h10,13,15,17H,6-9,11-12H2,1-5H3,(H,20,24). The molecule has 1 aliphatic rings. The van der Waals surface area contributed by atoms with Gasteiger partial charge in [0.1, 0.15) is 5.69 Å². The molecule has 0 radical (unpaired) electrons. The van der Waals surface area contributed by atoms with Gasteiger partial charge in [0.15, 0.2) is 0 Å². The van der Waals surface area contributed by atoms with Crippen molar-refractivity contribution in [3.8, 4) is 0 Å². The molecule has 2 atom stereocenters. The van der Waals surface area contributed by atoms with E-state index < -0.39 is 0 Å². The zero-order chi connectivity index (χ0) is 18.6. The minimum atomic E-state index is -0.0294. The van der Waals surface area contributed by atoms with Gasteiger partial charge in [-0.1, -0.05) is 27.2 Å². The Bertz CT molecular complexity index is 609. The third-order valence-electron chi connectivity index (χ3n) is 4.74. The van der Waals surface area contributed by atoms with Crippen LogP contribution in [0.4, 0.5) is 0 Å². The summed E-state index contributed by atoms with van der Waals surface area (Å²) in [5, 5.41) is 7.60. The smallest absolute Gasteiger partial charge is 0.272 e. The number of rotatable bonds is 7. The molecular weight excluding hydrogens is 316 g/mol. The molecule has 2 rings (SSSR count). The first-order valence-electron chi connectivity index (χ1n) is 9.48. The second-order valence-corrected chi connectivity index (χ2v) is 7.50. The van der Waals surface area contributed by atoms with Crippen molar-refractivity contribution < 1.29 is 9.59 Å². The van der Waals surface area contributed by atoms with Crippen molar-refractivity contribution in [3.05, 3.63) is 17.5 Å². The summed E-state index contributed by atoms with van der Waals surface area (Å²) >= 11 is 0. The molecule has 1 saturated heterocycles. The van der Waals surface area contributed by atoms with E-state index in [1.54, 1.807) is 4.68 Å². The van der Waals surface area contributed by atoms with Gasteiger partial charge in [0.05, 0.1) is 11.7 Å². The summed E-state index contributed by atoms with van der Waals surface area (Å²) in [6.45, 7) is 12.0. The fraction of sp³-hybridized carbons (Fsp3) is 0.737. The van der Waals surface area contributed by atoms with E-state index in [9.17, 15) is 9.59 Å². The molecule has 0 saturated carbocycles. The Hall–Kier alpha value is -1.85. The molecule has 6 nitrogen and oxygen atoms in total. The Kier molecular flexibility index (Phi) is 6.62. The Labute approximate surface area is 151 Å². The summed E-state index contributed by atoms with van der Waals surface area (Å²) in [4.78, 5) is 26.4. The Morgan fingerprint density at radius 3 is 2.60 bits per heavy atom. The van der Waals surface area contributed by atoms with E-state index in [4.69, 9.17) is 0 Å². The first-order valence-corrected chi connectivity index (χ1v) is 9.48. The Balaban J connectivity index is 2.16. The number of aryl methyl sites for hydroxylation is 1. The highest BCUT2D eigenvalue weighted by molar-refractivity contribution is 5.93. The van der Waals surface area contributed by atoms with E-state index in [0.717, 1.165) is 25.0 Å². The number of nitrogens with zero attached hydrogens (tertiary/aromatic N) is 3. The van der Waals surface area contributed by atoms with Crippen LogP contribution in [0.2, 0.25) is 0 Å². The highest BCUT2D eigenvalue weighted by Gasteiger charge is 2.36. The number of nitrogens with one attached hydrogen (secondary N) is 1. The van der Waals surface area contributed by atoms with Crippen LogP contribution < -0.4 is 5.32 Å². The summed E-state index contributed by atoms with van der Waals surface area (Å²) < 4.78 is 1.81. The summed E-state index contributed by atoms with van der Waals surface area (Å²) in [5.41, 5.74) is 1.64. The normalized spacial score (nSPS) is 20.3. The molecule has 0 aromatic carbocycles. The van der Waals surface area contributed by atoms with E-state index in [2.05, 4.69) is 31.2 Å². The van der Waals surface area contributed by atoms with Gasteiger partial charge in [0.25, 0.3) is 5.91 Å². The predicted molar refractivity (Wildman–Crippen MR) is 98.3 cm³/mol. The molecule has 2 unspecified atom stereocenters. The van der Waals surface area contributed by atoms with Crippen LogP contribution in [0.25, 0.3) is 0 Å². The monoisotopic (exact) mass is 348 g/mol. The van der Waals surface area contributed by atoms with Crippen molar-refractivity contribution in [2.24, 2.45) is 11.8 Å². The summed E-state index contributed by atoms with van der Waals surface area (Å²) in [6.07, 6.45) is 2.94. The largest absolute Gasteiger partial charge is 0.351 e. The van der Waals surface area contributed by atoms with Crippen molar-refractivity contribution in [3.63, 3.8) is 0 Å². The van der Waals surface area contributed by atoms with Gasteiger partial charge in [-0.25, -0.2) is 0 Å². The molecule has 1 fully saturated rings. The number of carbonyl (C=O) groups is 2. The average molecular weight is 348 g/mol. The number of likely N-dealkylation sites (tertiary alicyclic amines) is 1. The number of amides is 2. The summed E-state index contributed by atoms with van der Waals surface area (Å²) in [7, 11) is 0. The molecule has 1 aromatic heterocycles. The van der Waals surface area contributed by atoms with Crippen LogP contribution in [0, 0.1) is 11.8 Å². The molecule has 2 amide bonds. The first kappa shape index (κ1) is 19.5. The first-order chi connectivity index (χ1) is 11.8. The lowest BCUT2D eigenvalue weighted by Crippen LogP contribution is -2.40. The van der Waals surface area contributed by atoms with Crippen LogP contribution in [0.3, 0.4) is 0 Å². The van der Waals surface area contributed by atoms with Gasteiger partial charge in [-0.3, -0.25) is 14.3 Å². The summed E-state index contributed by atoms with van der Waals surface area (Å²) in [5.74, 6) is 0.829. The van der Waals surface area contributed by atoms with E-state index in [1.165, 1.54) is 6.92 Å². The van der Waals surface area contributed by atoms with Crippen molar-refractivity contribution >= 4 is 11.8 Å². The Morgan fingerprint density at radius 2 is 2.04 bits per heavy atom. The van der Waals surface area contributed by atoms with Crippen LogP contribution in [-0.4, -0.2) is 45.6 Å². The minimum absolute atomic E-state index is 0.0262. The minimum Gasteiger partial charge on any atom is -0.351 e. The van der Waals surface area contributed by atoms with Gasteiger partial charge in [0.2, 0.25) is 5.91 Å². The van der Waals surface area contributed by atoms with E-state index >= 15 is 0 Å². The second-order valence-electron chi connectivity index (χ2n) is 7.50. The maximum Gasteiger partial charge on any atom is 0.272 e. The van der Waals surface area contributed by atoms with E-state index in [-0.39, 0.29) is 17.9 Å². The van der Waals surface area contributed by atoms with Crippen molar-refractivity contribution in [1.29, 1.82) is 0 Å². The zero-order valence-electron chi connectivity index (χ0n) is 16.2. The van der Waals surface area contributed by atoms with Crippen LogP contribution in [0.5, 0.6) is 0 Å². The van der Waals surface area contributed by atoms with Crippen molar-refractivity contribution in [1.82, 2.24) is 20.0 Å². The molecule has 140 valence electrons. The van der Waals surface area contributed by atoms with Gasteiger partial charge in [0, 0.05) is 26.6 Å². The molecule has 1 aliphatic heterocycles. The van der Waals surface area contributed by atoms with Gasteiger partial charge >= 0.3 is 0 Å². The molecular formula is C19H32N4O2. The van der Waals surface area contributed by atoms with Gasteiger partial charge < -0.3 is 10.2 Å². The second kappa shape index (κ2) is 8.50. The molecule has 1 N–H and O–H groups in total. The van der Waals surface area contributed by atoms with Crippen LogP contribution in [0.1, 0.15) is 63.6 Å². The van der Waals surface area contributed by atoms with Crippen LogP contribution in [-0.2, 0) is 17.8 Å². The molecule has 25 heavy (non-hydrogen) atoms. The van der Waals surface area contributed by atoms with Crippen LogP contribution >= 0.6 is 0 Å². The lowest BCUT2D eigenvalue weighted by atomic mass is 9.98. The summed E-state index contributed by atoms with van der Waals surface area (Å²) in [6, 6.07) is 1.99. The number of aromatic nitrogens is 2. The third-order valence-corrected chi connectivity index (χ3v) is 4.74. The maximum absolute atomic E-state index is 13.1. The molecule has 2 heterocycles. The Morgan fingerprint density at radius 1 is 1.32 bits per heavy atom. The molecule has 0 bridgehead atoms. The lowest BCUT2D eigenvalue weighted by Gasteiger charge is -2.17. The maximum atomic E-state index is 13.1. The van der Waals surface area contributed by atoms with E-state index in [1.807, 2.05) is 17.9 Å². The molecule has 0 spiro atoms. The van der Waals surface area contributed by atoms with Gasteiger partial charge in [-0.2, -0.15) is 5.10 Å². The zero-order valence-corrected chi connectivity index (χ0v) is 16.2. The highest BCUT2D eigenvalue weighted by Crippen LogP contribution is 2.24. The SMILES string of the molecule is CCCC1CN(C(=O)c2cc(CC(C)C)nn2CC)CC1NC(C)=O. The number of hydrogen-bond donors (Lipinski definition) is 1. The van der Waals surface area contributed by atoms with Crippen molar-refractivity contribution in [2.45, 2.75) is 66.5 Å². The molecule has 6 heteroatoms. The van der Waals surface area contributed by atoms with Crippen molar-refractivity contribution in [2.75, 3.05) is 13.1 Å². The fourth-order valence-electron chi connectivity index (χ4n) is 3.69. The molecule has 0 aliphatic carbocycles.